The van der Waals surface area contributed by atoms with Crippen molar-refractivity contribution in [2.45, 2.75) is 46.1 Å². The standard InChI is InChI=1S/C17H26N2O/c1-3-14-5-6-17(20)16(11-14)13-19(4-2)12-15-7-9-18-10-8-15/h7-10,14,16H,3-6,11-13H2,1-2H3. The highest BCUT2D eigenvalue weighted by Gasteiger charge is 2.28. The molecule has 2 rings (SSSR count). The summed E-state index contributed by atoms with van der Waals surface area (Å²) in [5.74, 6) is 1.47. The van der Waals surface area contributed by atoms with Crippen molar-refractivity contribution in [2.24, 2.45) is 11.8 Å². The van der Waals surface area contributed by atoms with Gasteiger partial charge in [-0.25, -0.2) is 0 Å². The van der Waals surface area contributed by atoms with E-state index in [2.05, 4.69) is 35.9 Å². The lowest BCUT2D eigenvalue weighted by atomic mass is 9.79. The van der Waals surface area contributed by atoms with Gasteiger partial charge in [-0.15, -0.1) is 0 Å². The molecule has 1 fully saturated rings. The van der Waals surface area contributed by atoms with Crippen LogP contribution in [0.3, 0.4) is 0 Å². The van der Waals surface area contributed by atoms with Crippen LogP contribution in [-0.4, -0.2) is 28.8 Å². The first kappa shape index (κ1) is 15.2. The number of Topliss-reactive ketones (excluding diaryl/α,β-unsaturated/α-hetero) is 1. The molecule has 110 valence electrons. The molecule has 3 heteroatoms. The molecule has 1 aliphatic rings. The van der Waals surface area contributed by atoms with Gasteiger partial charge < -0.3 is 0 Å². The molecule has 2 atom stereocenters. The molecule has 2 unspecified atom stereocenters. The Morgan fingerprint density at radius 1 is 1.30 bits per heavy atom. The van der Waals surface area contributed by atoms with Gasteiger partial charge in [-0.3, -0.25) is 14.7 Å². The summed E-state index contributed by atoms with van der Waals surface area (Å²) in [7, 11) is 0. The fraction of sp³-hybridized carbons (Fsp3) is 0.647. The highest BCUT2D eigenvalue weighted by atomic mass is 16.1. The average Bonchev–Trinajstić information content (AvgIpc) is 2.49. The molecule has 0 bridgehead atoms. The Morgan fingerprint density at radius 2 is 2.05 bits per heavy atom. The quantitative estimate of drug-likeness (QED) is 0.798. The third-order valence-corrected chi connectivity index (χ3v) is 4.53. The van der Waals surface area contributed by atoms with Crippen LogP contribution < -0.4 is 0 Å². The maximum absolute atomic E-state index is 12.1. The molecule has 0 saturated heterocycles. The number of hydrogen-bond acceptors (Lipinski definition) is 3. The Balaban J connectivity index is 1.93. The minimum Gasteiger partial charge on any atom is -0.299 e. The van der Waals surface area contributed by atoms with Gasteiger partial charge in [-0.1, -0.05) is 20.3 Å². The first-order chi connectivity index (χ1) is 9.72. The third-order valence-electron chi connectivity index (χ3n) is 4.53. The summed E-state index contributed by atoms with van der Waals surface area (Å²) < 4.78 is 0. The lowest BCUT2D eigenvalue weighted by Gasteiger charge is -2.31. The van der Waals surface area contributed by atoms with Gasteiger partial charge in [-0.05, 0) is 43.0 Å². The molecule has 1 aromatic heterocycles. The summed E-state index contributed by atoms with van der Waals surface area (Å²) in [4.78, 5) is 18.6. The zero-order valence-electron chi connectivity index (χ0n) is 12.7. The van der Waals surface area contributed by atoms with Gasteiger partial charge in [0, 0.05) is 37.8 Å². The van der Waals surface area contributed by atoms with Crippen LogP contribution in [0.5, 0.6) is 0 Å². The summed E-state index contributed by atoms with van der Waals surface area (Å²) in [5.41, 5.74) is 1.28. The van der Waals surface area contributed by atoms with Crippen LogP contribution in [0.2, 0.25) is 0 Å². The van der Waals surface area contributed by atoms with Gasteiger partial charge in [0.25, 0.3) is 0 Å². The van der Waals surface area contributed by atoms with Gasteiger partial charge in [0.05, 0.1) is 0 Å². The summed E-state index contributed by atoms with van der Waals surface area (Å²) in [6.07, 6.45) is 7.85. The Labute approximate surface area is 122 Å². The van der Waals surface area contributed by atoms with Crippen LogP contribution in [0, 0.1) is 11.8 Å². The Hall–Kier alpha value is -1.22. The number of carbonyl (C=O) groups excluding carboxylic acids is 1. The van der Waals surface area contributed by atoms with E-state index in [1.807, 2.05) is 12.4 Å². The summed E-state index contributed by atoms with van der Waals surface area (Å²) >= 11 is 0. The third kappa shape index (κ3) is 4.14. The zero-order valence-corrected chi connectivity index (χ0v) is 12.7. The molecule has 0 radical (unpaired) electrons. The van der Waals surface area contributed by atoms with E-state index in [0.29, 0.717) is 5.78 Å². The molecule has 0 N–H and O–H groups in total. The van der Waals surface area contributed by atoms with Gasteiger partial charge in [0.2, 0.25) is 0 Å². The summed E-state index contributed by atoms with van der Waals surface area (Å²) in [6.45, 7) is 7.23. The van der Waals surface area contributed by atoms with Crippen LogP contribution >= 0.6 is 0 Å². The fourth-order valence-electron chi connectivity index (χ4n) is 3.11. The molecule has 20 heavy (non-hydrogen) atoms. The lowest BCUT2D eigenvalue weighted by molar-refractivity contribution is -0.126. The van der Waals surface area contributed by atoms with Crippen LogP contribution in [0.4, 0.5) is 0 Å². The van der Waals surface area contributed by atoms with Crippen molar-refractivity contribution in [3.63, 3.8) is 0 Å². The first-order valence-corrected chi connectivity index (χ1v) is 7.86. The van der Waals surface area contributed by atoms with Crippen molar-refractivity contribution in [3.8, 4) is 0 Å². The van der Waals surface area contributed by atoms with E-state index in [-0.39, 0.29) is 5.92 Å². The second kappa shape index (κ2) is 7.53. The Bertz CT molecular complexity index is 418. The number of pyridine rings is 1. The summed E-state index contributed by atoms with van der Waals surface area (Å²) in [6, 6.07) is 4.11. The SMILES string of the molecule is CCC1CCC(=O)C(CN(CC)Cc2ccncc2)C1. The van der Waals surface area contributed by atoms with Gasteiger partial charge in [0.1, 0.15) is 5.78 Å². The van der Waals surface area contributed by atoms with E-state index >= 15 is 0 Å². The number of aromatic nitrogens is 1. The van der Waals surface area contributed by atoms with Gasteiger partial charge in [0.15, 0.2) is 0 Å². The first-order valence-electron chi connectivity index (χ1n) is 7.86. The van der Waals surface area contributed by atoms with E-state index in [4.69, 9.17) is 0 Å². The zero-order chi connectivity index (χ0) is 14.4. The van der Waals surface area contributed by atoms with Crippen molar-refractivity contribution >= 4 is 5.78 Å². The minimum atomic E-state index is 0.246. The molecular formula is C17H26N2O. The van der Waals surface area contributed by atoms with Crippen LogP contribution in [0.1, 0.15) is 45.1 Å². The Morgan fingerprint density at radius 3 is 2.70 bits per heavy atom. The maximum Gasteiger partial charge on any atom is 0.137 e. The fourth-order valence-corrected chi connectivity index (χ4v) is 3.11. The highest BCUT2D eigenvalue weighted by Crippen LogP contribution is 2.29. The maximum atomic E-state index is 12.1. The number of carbonyl (C=O) groups is 1. The van der Waals surface area contributed by atoms with Crippen molar-refractivity contribution in [3.05, 3.63) is 30.1 Å². The van der Waals surface area contributed by atoms with E-state index in [9.17, 15) is 4.79 Å². The topological polar surface area (TPSA) is 33.2 Å². The van der Waals surface area contributed by atoms with E-state index in [1.54, 1.807) is 0 Å². The molecule has 1 aromatic rings. The number of hydrogen-bond donors (Lipinski definition) is 0. The van der Waals surface area contributed by atoms with E-state index < -0.39 is 0 Å². The minimum absolute atomic E-state index is 0.246. The molecule has 0 aliphatic heterocycles. The van der Waals surface area contributed by atoms with Crippen molar-refractivity contribution in [1.82, 2.24) is 9.88 Å². The number of ketones is 1. The monoisotopic (exact) mass is 274 g/mol. The molecule has 3 nitrogen and oxygen atoms in total. The largest absolute Gasteiger partial charge is 0.299 e. The smallest absolute Gasteiger partial charge is 0.137 e. The Kier molecular flexibility index (Phi) is 5.72. The van der Waals surface area contributed by atoms with E-state index in [0.717, 1.165) is 44.8 Å². The number of rotatable bonds is 6. The second-order valence-electron chi connectivity index (χ2n) is 5.90. The predicted octanol–water partition coefficient (Wildman–Crippen LogP) is 3.30. The molecule has 0 aromatic carbocycles. The van der Waals surface area contributed by atoms with Crippen molar-refractivity contribution in [2.75, 3.05) is 13.1 Å². The van der Waals surface area contributed by atoms with Crippen molar-refractivity contribution in [1.29, 1.82) is 0 Å². The van der Waals surface area contributed by atoms with Crippen LogP contribution in [0.15, 0.2) is 24.5 Å². The highest BCUT2D eigenvalue weighted by molar-refractivity contribution is 5.81. The number of nitrogens with zero attached hydrogens (tertiary/aromatic N) is 2. The summed E-state index contributed by atoms with van der Waals surface area (Å²) in [5, 5.41) is 0. The molecule has 1 saturated carbocycles. The van der Waals surface area contributed by atoms with Crippen molar-refractivity contribution < 1.29 is 4.79 Å². The van der Waals surface area contributed by atoms with Gasteiger partial charge >= 0.3 is 0 Å². The average molecular weight is 274 g/mol. The van der Waals surface area contributed by atoms with E-state index in [1.165, 1.54) is 12.0 Å². The normalized spacial score (nSPS) is 23.2. The molecular weight excluding hydrogens is 248 g/mol. The molecule has 1 heterocycles. The molecule has 0 spiro atoms. The van der Waals surface area contributed by atoms with Crippen LogP contribution in [-0.2, 0) is 11.3 Å². The van der Waals surface area contributed by atoms with Gasteiger partial charge in [-0.2, -0.15) is 0 Å². The second-order valence-corrected chi connectivity index (χ2v) is 5.90. The predicted molar refractivity (Wildman–Crippen MR) is 81.3 cm³/mol. The van der Waals surface area contributed by atoms with Crippen LogP contribution in [0.25, 0.3) is 0 Å². The molecule has 1 aliphatic carbocycles. The lowest BCUT2D eigenvalue weighted by Crippen LogP contribution is -2.36. The molecule has 0 amide bonds.